The molecule has 32 heavy (non-hydrogen) atoms. The summed E-state index contributed by atoms with van der Waals surface area (Å²) in [5, 5.41) is 11.1. The van der Waals surface area contributed by atoms with E-state index in [0.717, 1.165) is 46.2 Å². The number of hydrogen-bond acceptors (Lipinski definition) is 6. The molecule has 0 atom stereocenters. The van der Waals surface area contributed by atoms with Crippen molar-refractivity contribution in [3.8, 4) is 16.3 Å². The number of aromatic nitrogens is 1. The summed E-state index contributed by atoms with van der Waals surface area (Å²) in [5.41, 5.74) is 1.10. The largest absolute Gasteiger partial charge is 0.490 e. The zero-order valence-electron chi connectivity index (χ0n) is 18.5. The van der Waals surface area contributed by atoms with Gasteiger partial charge in [-0.2, -0.15) is 0 Å². The number of aliphatic hydroxyl groups is 1. The number of carbonyl (C=O) groups excluding carboxylic acids is 1. The first-order valence-electron chi connectivity index (χ1n) is 12.1. The molecule has 3 heterocycles. The number of hydrogen-bond donors (Lipinski definition) is 1. The molecule has 1 aromatic heterocycles. The number of carbonyl (C=O) groups is 1. The first-order valence-corrected chi connectivity index (χ1v) is 12.9. The Bertz CT molecular complexity index is 988. The van der Waals surface area contributed by atoms with Gasteiger partial charge in [-0.25, -0.2) is 4.98 Å². The lowest BCUT2D eigenvalue weighted by Crippen LogP contribution is -2.50. The molecule has 2 aliphatic heterocycles. The lowest BCUT2D eigenvalue weighted by molar-refractivity contribution is -0.143. The van der Waals surface area contributed by atoms with Gasteiger partial charge in [0.2, 0.25) is 0 Å². The maximum absolute atomic E-state index is 12.5. The third-order valence-corrected chi connectivity index (χ3v) is 8.65. The summed E-state index contributed by atoms with van der Waals surface area (Å²) in [4.78, 5) is 22.9. The van der Waals surface area contributed by atoms with Crippen LogP contribution in [0.3, 0.4) is 0 Å². The summed E-state index contributed by atoms with van der Waals surface area (Å²) in [5.74, 6) is 0.824. The van der Waals surface area contributed by atoms with Gasteiger partial charge in [0, 0.05) is 42.3 Å². The number of ether oxygens (including phenoxy) is 1. The smallest absolute Gasteiger partial charge is 0.254 e. The highest BCUT2D eigenvalue weighted by Gasteiger charge is 2.50. The van der Waals surface area contributed by atoms with E-state index in [1.807, 2.05) is 0 Å². The summed E-state index contributed by atoms with van der Waals surface area (Å²) >= 11 is 1.66. The second-order valence-electron chi connectivity index (χ2n) is 9.88. The normalized spacial score (nSPS) is 26.8. The minimum absolute atomic E-state index is 0.113. The Labute approximate surface area is 193 Å². The van der Waals surface area contributed by atoms with E-state index in [1.54, 1.807) is 16.2 Å². The van der Waals surface area contributed by atoms with E-state index < -0.39 is 5.60 Å². The first-order chi connectivity index (χ1) is 15.6. The van der Waals surface area contributed by atoms with Crippen LogP contribution in [0.4, 0.5) is 0 Å². The maximum atomic E-state index is 12.5. The molecule has 1 amide bonds. The van der Waals surface area contributed by atoms with Crippen molar-refractivity contribution in [2.75, 3.05) is 19.6 Å². The van der Waals surface area contributed by atoms with Crippen molar-refractivity contribution in [2.45, 2.75) is 75.7 Å². The molecule has 1 aromatic carbocycles. The molecule has 6 rings (SSSR count). The molecule has 1 saturated heterocycles. The third-order valence-electron chi connectivity index (χ3n) is 7.52. The number of nitrogens with zero attached hydrogens (tertiary/aromatic N) is 3. The van der Waals surface area contributed by atoms with Crippen LogP contribution in [-0.2, 0) is 17.8 Å². The van der Waals surface area contributed by atoms with Gasteiger partial charge < -0.3 is 19.6 Å². The second kappa shape index (κ2) is 8.12. The highest BCUT2D eigenvalue weighted by Crippen LogP contribution is 2.39. The van der Waals surface area contributed by atoms with E-state index in [4.69, 9.17) is 9.72 Å². The number of amides is 1. The van der Waals surface area contributed by atoms with Crippen LogP contribution < -0.4 is 4.74 Å². The summed E-state index contributed by atoms with van der Waals surface area (Å²) in [7, 11) is 0. The summed E-state index contributed by atoms with van der Waals surface area (Å²) in [6, 6.07) is 9.02. The van der Waals surface area contributed by atoms with Gasteiger partial charge in [0.15, 0.2) is 0 Å². The van der Waals surface area contributed by atoms with E-state index in [-0.39, 0.29) is 5.91 Å². The Balaban J connectivity index is 1.06. The molecular weight excluding hydrogens is 422 g/mol. The first kappa shape index (κ1) is 20.6. The fourth-order valence-electron chi connectivity index (χ4n) is 5.20. The van der Waals surface area contributed by atoms with Crippen LogP contribution in [0.5, 0.6) is 5.75 Å². The lowest BCUT2D eigenvalue weighted by Gasteiger charge is -2.44. The summed E-state index contributed by atoms with van der Waals surface area (Å²) in [6.07, 6.45) is 8.65. The van der Waals surface area contributed by atoms with Crippen LogP contribution in [-0.4, -0.2) is 63.2 Å². The predicted molar refractivity (Wildman–Crippen MR) is 124 cm³/mol. The number of piperidine rings is 1. The summed E-state index contributed by atoms with van der Waals surface area (Å²) < 4.78 is 6.21. The fraction of sp³-hybridized carbons (Fsp3) is 0.600. The Morgan fingerprint density at radius 1 is 1.09 bits per heavy atom. The van der Waals surface area contributed by atoms with E-state index >= 15 is 0 Å². The molecule has 7 heteroatoms. The zero-order chi connectivity index (χ0) is 21.7. The van der Waals surface area contributed by atoms with Crippen molar-refractivity contribution in [3.63, 3.8) is 0 Å². The number of thiazole rings is 1. The molecule has 2 aromatic rings. The van der Waals surface area contributed by atoms with E-state index in [1.165, 1.54) is 32.4 Å². The minimum atomic E-state index is -1.09. The SMILES string of the molecule is O=C(N1CCc2nc(-c3ccc(OC4CC(N5CCCCC5)C4)cc3)sc2C1)C1(O)CC1. The molecule has 2 saturated carbocycles. The number of rotatable bonds is 5. The number of fused-ring (bicyclic) bond motifs is 1. The topological polar surface area (TPSA) is 65.9 Å². The van der Waals surface area contributed by atoms with Crippen molar-refractivity contribution in [3.05, 3.63) is 34.8 Å². The van der Waals surface area contributed by atoms with E-state index in [9.17, 15) is 9.90 Å². The Morgan fingerprint density at radius 3 is 2.56 bits per heavy atom. The van der Waals surface area contributed by atoms with E-state index in [0.29, 0.717) is 38.1 Å². The van der Waals surface area contributed by atoms with Gasteiger partial charge in [0.05, 0.1) is 12.2 Å². The van der Waals surface area contributed by atoms with Gasteiger partial charge in [-0.05, 0) is 63.0 Å². The quantitative estimate of drug-likeness (QED) is 0.749. The average Bonchev–Trinajstić information content (AvgIpc) is 3.40. The lowest BCUT2D eigenvalue weighted by atomic mass is 9.86. The van der Waals surface area contributed by atoms with Crippen LogP contribution in [0.25, 0.3) is 10.6 Å². The Kier molecular flexibility index (Phi) is 5.23. The fourth-order valence-corrected chi connectivity index (χ4v) is 6.33. The molecule has 6 nitrogen and oxygen atoms in total. The second-order valence-corrected chi connectivity index (χ2v) is 11.0. The molecule has 170 valence electrons. The van der Waals surface area contributed by atoms with Crippen LogP contribution in [0.1, 0.15) is 55.5 Å². The van der Waals surface area contributed by atoms with Crippen molar-refractivity contribution in [1.82, 2.24) is 14.8 Å². The van der Waals surface area contributed by atoms with Gasteiger partial charge in [0.25, 0.3) is 5.91 Å². The van der Waals surface area contributed by atoms with Crippen molar-refractivity contribution < 1.29 is 14.6 Å². The highest BCUT2D eigenvalue weighted by atomic mass is 32.1. The zero-order valence-corrected chi connectivity index (χ0v) is 19.3. The Hall–Kier alpha value is -1.96. The molecule has 3 fully saturated rings. The van der Waals surface area contributed by atoms with Gasteiger partial charge in [-0.15, -0.1) is 11.3 Å². The highest BCUT2D eigenvalue weighted by molar-refractivity contribution is 7.15. The molecular formula is C25H31N3O3S. The van der Waals surface area contributed by atoms with E-state index in [2.05, 4.69) is 29.2 Å². The van der Waals surface area contributed by atoms with Gasteiger partial charge in [-0.3, -0.25) is 4.79 Å². The molecule has 0 radical (unpaired) electrons. The minimum Gasteiger partial charge on any atom is -0.490 e. The van der Waals surface area contributed by atoms with Crippen LogP contribution in [0.15, 0.2) is 24.3 Å². The monoisotopic (exact) mass is 453 g/mol. The summed E-state index contributed by atoms with van der Waals surface area (Å²) in [6.45, 7) is 3.73. The molecule has 0 unspecified atom stereocenters. The predicted octanol–water partition coefficient (Wildman–Crippen LogP) is 3.62. The van der Waals surface area contributed by atoms with Gasteiger partial charge >= 0.3 is 0 Å². The number of benzene rings is 1. The molecule has 4 aliphatic rings. The van der Waals surface area contributed by atoms with Crippen molar-refractivity contribution >= 4 is 17.2 Å². The molecule has 0 spiro atoms. The standard InChI is InChI=1S/C25H31N3O3S/c29-24(25(30)9-10-25)28-13-8-21-22(16-28)32-23(26-21)17-4-6-19(7-5-17)31-20-14-18(15-20)27-11-2-1-3-12-27/h4-7,18,20,30H,1-3,8-16H2. The molecule has 0 bridgehead atoms. The molecule has 2 aliphatic carbocycles. The van der Waals surface area contributed by atoms with Crippen LogP contribution >= 0.6 is 11.3 Å². The maximum Gasteiger partial charge on any atom is 0.254 e. The Morgan fingerprint density at radius 2 is 1.84 bits per heavy atom. The third kappa shape index (κ3) is 3.95. The van der Waals surface area contributed by atoms with Gasteiger partial charge in [0.1, 0.15) is 22.5 Å². The van der Waals surface area contributed by atoms with Gasteiger partial charge in [-0.1, -0.05) is 6.42 Å². The van der Waals surface area contributed by atoms with Crippen molar-refractivity contribution in [2.24, 2.45) is 0 Å². The van der Waals surface area contributed by atoms with Crippen molar-refractivity contribution in [1.29, 1.82) is 0 Å². The number of likely N-dealkylation sites (tertiary alicyclic amines) is 1. The average molecular weight is 454 g/mol. The molecule has 1 N–H and O–H groups in total. The van der Waals surface area contributed by atoms with Crippen LogP contribution in [0.2, 0.25) is 0 Å². The van der Waals surface area contributed by atoms with Crippen LogP contribution in [0, 0.1) is 0 Å².